The number of nitrogens with zero attached hydrogens (tertiary/aromatic N) is 1. The Kier molecular flexibility index (Phi) is 4.84. The molecule has 0 unspecified atom stereocenters. The summed E-state index contributed by atoms with van der Waals surface area (Å²) in [6.07, 6.45) is 0. The van der Waals surface area contributed by atoms with Crippen LogP contribution in [0, 0.1) is 0 Å². The maximum absolute atomic E-state index is 12.8. The van der Waals surface area contributed by atoms with Gasteiger partial charge in [0.25, 0.3) is 5.78 Å². The van der Waals surface area contributed by atoms with E-state index in [1.807, 2.05) is 60.7 Å². The molecule has 0 bridgehead atoms. The van der Waals surface area contributed by atoms with Crippen molar-refractivity contribution >= 4 is 28.2 Å². The highest BCUT2D eigenvalue weighted by Gasteiger charge is 2.35. The van der Waals surface area contributed by atoms with E-state index in [4.69, 9.17) is 4.42 Å². The van der Waals surface area contributed by atoms with Crippen molar-refractivity contribution < 1.29 is 14.0 Å². The highest BCUT2D eigenvalue weighted by atomic mass is 16.3. The van der Waals surface area contributed by atoms with Gasteiger partial charge in [-0.1, -0.05) is 84.9 Å². The van der Waals surface area contributed by atoms with Crippen LogP contribution >= 0.6 is 0 Å². The average Bonchev–Trinajstić information content (AvgIpc) is 3.27. The molecule has 0 spiro atoms. The summed E-state index contributed by atoms with van der Waals surface area (Å²) in [6.45, 7) is 1.45. The van der Waals surface area contributed by atoms with E-state index in [1.54, 1.807) is 12.1 Å². The van der Waals surface area contributed by atoms with Crippen LogP contribution in [-0.2, 0) is 13.1 Å². The van der Waals surface area contributed by atoms with Crippen LogP contribution in [0.3, 0.4) is 0 Å². The summed E-state index contributed by atoms with van der Waals surface area (Å²) in [4.78, 5) is 27.7. The summed E-state index contributed by atoms with van der Waals surface area (Å²) >= 11 is 0. The summed E-state index contributed by atoms with van der Waals surface area (Å²) in [5, 5.41) is 0.839. The number of carbonyl (C=O) groups excluding carboxylic acids is 2. The second-order valence-corrected chi connectivity index (χ2v) is 8.52. The zero-order chi connectivity index (χ0) is 23.1. The topological polar surface area (TPSA) is 50.5 Å². The first-order valence-electron chi connectivity index (χ1n) is 11.3. The Morgan fingerprint density at radius 3 is 1.85 bits per heavy atom. The third-order valence-electron chi connectivity index (χ3n) is 6.32. The molecule has 34 heavy (non-hydrogen) atoms. The summed E-state index contributed by atoms with van der Waals surface area (Å²) in [7, 11) is 0. The molecule has 1 aliphatic rings. The van der Waals surface area contributed by atoms with Crippen LogP contribution in [0.1, 0.15) is 32.0 Å². The second kappa shape index (κ2) is 8.16. The molecule has 0 fully saturated rings. The van der Waals surface area contributed by atoms with Crippen molar-refractivity contribution in [1.82, 2.24) is 0 Å². The maximum Gasteiger partial charge on any atom is 0.269 e. The lowest BCUT2D eigenvalue weighted by atomic mass is 9.87. The number of anilines is 1. The quantitative estimate of drug-likeness (QED) is 0.284. The number of furan rings is 1. The molecule has 4 heteroatoms. The van der Waals surface area contributed by atoms with Gasteiger partial charge in [-0.25, -0.2) is 0 Å². The minimum atomic E-state index is -0.586. The van der Waals surface area contributed by atoms with Gasteiger partial charge in [-0.05, 0) is 28.8 Å². The van der Waals surface area contributed by atoms with E-state index in [-0.39, 0.29) is 5.76 Å². The normalized spacial score (nSPS) is 12.5. The van der Waals surface area contributed by atoms with Gasteiger partial charge in [-0.2, -0.15) is 0 Å². The standard InChI is InChI=1S/C30H21NO3/c32-28-24-14-8-7-13-23(24)27-25-16-15-22(17-26(25)34-30(27)29(28)33)31(18-20-9-3-1-4-10-20)19-21-11-5-2-6-12-21/h1-17H,18-19H2. The molecule has 0 saturated carbocycles. The molecule has 1 aromatic heterocycles. The first-order chi connectivity index (χ1) is 16.7. The molecule has 0 aliphatic heterocycles. The minimum absolute atomic E-state index is 0.133. The van der Waals surface area contributed by atoms with Crippen molar-refractivity contribution in [2.75, 3.05) is 4.90 Å². The first kappa shape index (κ1) is 20.2. The molecular formula is C30H21NO3. The maximum atomic E-state index is 12.8. The van der Waals surface area contributed by atoms with Gasteiger partial charge in [0.15, 0.2) is 5.76 Å². The van der Waals surface area contributed by atoms with Crippen LogP contribution in [0.4, 0.5) is 5.69 Å². The zero-order valence-corrected chi connectivity index (χ0v) is 18.4. The predicted molar refractivity (Wildman–Crippen MR) is 133 cm³/mol. The zero-order valence-electron chi connectivity index (χ0n) is 18.4. The van der Waals surface area contributed by atoms with Gasteiger partial charge < -0.3 is 9.32 Å². The summed E-state index contributed by atoms with van der Waals surface area (Å²) < 4.78 is 6.02. The summed E-state index contributed by atoms with van der Waals surface area (Å²) in [5.41, 5.74) is 5.88. The molecular weight excluding hydrogens is 422 g/mol. The summed E-state index contributed by atoms with van der Waals surface area (Å²) in [5.74, 6) is -0.970. The number of Topliss-reactive ketones (excluding diaryl/α,β-unsaturated/α-hetero) is 2. The van der Waals surface area contributed by atoms with E-state index in [0.717, 1.165) is 29.7 Å². The molecule has 1 aliphatic carbocycles. The Bertz CT molecular complexity index is 1490. The van der Waals surface area contributed by atoms with Gasteiger partial charge >= 0.3 is 0 Å². The van der Waals surface area contributed by atoms with Crippen molar-refractivity contribution in [1.29, 1.82) is 0 Å². The Morgan fingerprint density at radius 1 is 0.618 bits per heavy atom. The highest BCUT2D eigenvalue weighted by Crippen LogP contribution is 2.42. The van der Waals surface area contributed by atoms with Crippen molar-refractivity contribution in [3.63, 3.8) is 0 Å². The molecule has 0 N–H and O–H groups in total. The largest absolute Gasteiger partial charge is 0.452 e. The molecule has 1 heterocycles. The fourth-order valence-electron chi connectivity index (χ4n) is 4.68. The molecule has 5 aromatic rings. The fraction of sp³-hybridized carbons (Fsp3) is 0.0667. The monoisotopic (exact) mass is 443 g/mol. The third-order valence-corrected chi connectivity index (χ3v) is 6.32. The molecule has 6 rings (SSSR count). The SMILES string of the molecule is O=C1C(=O)c2oc3cc(N(Cc4ccccc4)Cc4ccccc4)ccc3c2-c2ccccc21. The van der Waals surface area contributed by atoms with Crippen LogP contribution in [-0.4, -0.2) is 11.6 Å². The minimum Gasteiger partial charge on any atom is -0.452 e. The molecule has 0 amide bonds. The number of hydrogen-bond donors (Lipinski definition) is 0. The number of rotatable bonds is 5. The van der Waals surface area contributed by atoms with E-state index < -0.39 is 11.6 Å². The van der Waals surface area contributed by atoms with E-state index in [9.17, 15) is 9.59 Å². The lowest BCUT2D eigenvalue weighted by Gasteiger charge is -2.25. The van der Waals surface area contributed by atoms with Crippen LogP contribution < -0.4 is 4.90 Å². The van der Waals surface area contributed by atoms with Gasteiger partial charge in [0.05, 0.1) is 0 Å². The van der Waals surface area contributed by atoms with Gasteiger partial charge in [-0.3, -0.25) is 9.59 Å². The van der Waals surface area contributed by atoms with Gasteiger partial charge in [0.1, 0.15) is 5.58 Å². The first-order valence-corrected chi connectivity index (χ1v) is 11.3. The molecule has 4 nitrogen and oxygen atoms in total. The lowest BCUT2D eigenvalue weighted by molar-refractivity contribution is 0.0800. The van der Waals surface area contributed by atoms with E-state index >= 15 is 0 Å². The average molecular weight is 444 g/mol. The molecule has 4 aromatic carbocycles. The highest BCUT2D eigenvalue weighted by molar-refractivity contribution is 6.53. The molecule has 0 atom stereocenters. The number of hydrogen-bond acceptors (Lipinski definition) is 4. The van der Waals surface area contributed by atoms with Crippen LogP contribution in [0.2, 0.25) is 0 Å². The second-order valence-electron chi connectivity index (χ2n) is 8.52. The number of fused-ring (bicyclic) bond motifs is 5. The van der Waals surface area contributed by atoms with Crippen molar-refractivity contribution in [2.24, 2.45) is 0 Å². The van der Waals surface area contributed by atoms with Gasteiger partial charge in [0, 0.05) is 41.4 Å². The Balaban J connectivity index is 1.46. The number of ketones is 2. The van der Waals surface area contributed by atoms with Gasteiger partial charge in [0.2, 0.25) is 5.78 Å². The van der Waals surface area contributed by atoms with Gasteiger partial charge in [-0.15, -0.1) is 0 Å². The molecule has 0 radical (unpaired) electrons. The molecule has 164 valence electrons. The Labute approximate surface area is 197 Å². The summed E-state index contributed by atoms with van der Waals surface area (Å²) in [6, 6.07) is 33.9. The fourth-order valence-corrected chi connectivity index (χ4v) is 4.68. The Hall–Kier alpha value is -4.44. The number of benzene rings is 4. The van der Waals surface area contributed by atoms with E-state index in [2.05, 4.69) is 35.2 Å². The lowest BCUT2D eigenvalue weighted by Crippen LogP contribution is -2.22. The van der Waals surface area contributed by atoms with E-state index in [1.165, 1.54) is 11.1 Å². The van der Waals surface area contributed by atoms with Crippen molar-refractivity contribution in [3.05, 3.63) is 126 Å². The van der Waals surface area contributed by atoms with Crippen LogP contribution in [0.15, 0.2) is 108 Å². The van der Waals surface area contributed by atoms with E-state index in [0.29, 0.717) is 16.7 Å². The van der Waals surface area contributed by atoms with Crippen LogP contribution in [0.5, 0.6) is 0 Å². The Morgan fingerprint density at radius 2 is 1.21 bits per heavy atom. The number of carbonyl (C=O) groups is 2. The molecule has 0 saturated heterocycles. The van der Waals surface area contributed by atoms with Crippen LogP contribution in [0.25, 0.3) is 22.1 Å². The third kappa shape index (κ3) is 3.41. The van der Waals surface area contributed by atoms with Crippen molar-refractivity contribution in [3.8, 4) is 11.1 Å². The smallest absolute Gasteiger partial charge is 0.269 e. The predicted octanol–water partition coefficient (Wildman–Crippen LogP) is 6.69. The van der Waals surface area contributed by atoms with Crippen molar-refractivity contribution in [2.45, 2.75) is 13.1 Å².